The van der Waals surface area contributed by atoms with Gasteiger partial charge in [-0.05, 0) is 24.6 Å². The van der Waals surface area contributed by atoms with Crippen LogP contribution in [-0.4, -0.2) is 25.5 Å². The molecule has 6 nitrogen and oxygen atoms in total. The molecule has 1 aromatic heterocycles. The summed E-state index contributed by atoms with van der Waals surface area (Å²) in [5.41, 5.74) is 2.77. The first kappa shape index (κ1) is 14.5. The van der Waals surface area contributed by atoms with E-state index in [0.717, 1.165) is 16.8 Å². The van der Waals surface area contributed by atoms with E-state index in [4.69, 9.17) is 5.11 Å². The van der Waals surface area contributed by atoms with Crippen molar-refractivity contribution < 1.29 is 9.90 Å². The van der Waals surface area contributed by atoms with Gasteiger partial charge in [0.15, 0.2) is 0 Å². The Morgan fingerprint density at radius 3 is 2.86 bits per heavy atom. The molecule has 6 heteroatoms. The molecule has 0 bridgehead atoms. The number of aromatic carboxylic acids is 1. The van der Waals surface area contributed by atoms with Crippen LogP contribution in [0.2, 0.25) is 0 Å². The fourth-order valence-electron chi connectivity index (χ4n) is 2.76. The highest BCUT2D eigenvalue weighted by atomic mass is 16.4. The minimum absolute atomic E-state index is 0.00397. The van der Waals surface area contributed by atoms with E-state index in [1.165, 1.54) is 0 Å². The molecule has 0 fully saturated rings. The van der Waals surface area contributed by atoms with Gasteiger partial charge in [0.2, 0.25) is 0 Å². The molecule has 0 spiro atoms. The maximum absolute atomic E-state index is 12.2. The molecule has 0 aliphatic carbocycles. The Labute approximate surface area is 127 Å². The van der Waals surface area contributed by atoms with Crippen molar-refractivity contribution in [3.8, 4) is 0 Å². The zero-order valence-electron chi connectivity index (χ0n) is 12.5. The van der Waals surface area contributed by atoms with Crippen molar-refractivity contribution in [3.63, 3.8) is 0 Å². The van der Waals surface area contributed by atoms with E-state index < -0.39 is 5.97 Å². The van der Waals surface area contributed by atoms with Crippen LogP contribution in [0.15, 0.2) is 29.1 Å². The summed E-state index contributed by atoms with van der Waals surface area (Å²) in [6.45, 7) is 3.58. The van der Waals surface area contributed by atoms with Crippen LogP contribution >= 0.6 is 0 Å². The van der Waals surface area contributed by atoms with Gasteiger partial charge in [-0.25, -0.2) is 9.78 Å². The normalized spacial score (nSPS) is 14.1. The highest BCUT2D eigenvalue weighted by Crippen LogP contribution is 2.20. The van der Waals surface area contributed by atoms with Crippen molar-refractivity contribution in [3.05, 3.63) is 62.8 Å². The summed E-state index contributed by atoms with van der Waals surface area (Å²) >= 11 is 0. The third-order valence-corrected chi connectivity index (χ3v) is 4.03. The summed E-state index contributed by atoms with van der Waals surface area (Å²) in [7, 11) is 1.73. The van der Waals surface area contributed by atoms with E-state index >= 15 is 0 Å². The Bertz CT molecular complexity index is 811. The van der Waals surface area contributed by atoms with Crippen LogP contribution in [0.5, 0.6) is 0 Å². The van der Waals surface area contributed by atoms with Crippen molar-refractivity contribution in [2.24, 2.45) is 7.05 Å². The lowest BCUT2D eigenvalue weighted by molar-refractivity contribution is 0.0696. The van der Waals surface area contributed by atoms with Gasteiger partial charge in [-0.3, -0.25) is 14.3 Å². The Balaban J connectivity index is 1.82. The third kappa shape index (κ3) is 2.53. The van der Waals surface area contributed by atoms with Gasteiger partial charge in [-0.1, -0.05) is 12.1 Å². The maximum Gasteiger partial charge on any atom is 0.335 e. The minimum Gasteiger partial charge on any atom is -0.478 e. The molecule has 1 aromatic carbocycles. The number of hydrogen-bond acceptors (Lipinski definition) is 4. The lowest BCUT2D eigenvalue weighted by Gasteiger charge is -2.14. The SMILES string of the molecule is Cc1nc2c(c(=O)n1C)CN(Cc1cccc(C(=O)O)c1)C2. The van der Waals surface area contributed by atoms with Crippen molar-refractivity contribution in [2.75, 3.05) is 0 Å². The van der Waals surface area contributed by atoms with E-state index in [0.29, 0.717) is 25.5 Å². The van der Waals surface area contributed by atoms with Crippen LogP contribution in [0.25, 0.3) is 0 Å². The molecular formula is C16H17N3O3. The van der Waals surface area contributed by atoms with E-state index in [9.17, 15) is 9.59 Å². The number of carboxylic acids is 1. The summed E-state index contributed by atoms with van der Waals surface area (Å²) in [5.74, 6) is -0.226. The van der Waals surface area contributed by atoms with Crippen LogP contribution < -0.4 is 5.56 Å². The molecule has 0 radical (unpaired) electrons. The average Bonchev–Trinajstić information content (AvgIpc) is 2.87. The van der Waals surface area contributed by atoms with Gasteiger partial charge in [0.1, 0.15) is 5.82 Å². The molecular weight excluding hydrogens is 282 g/mol. The second-order valence-electron chi connectivity index (χ2n) is 5.60. The molecule has 0 atom stereocenters. The zero-order valence-corrected chi connectivity index (χ0v) is 12.5. The Morgan fingerprint density at radius 1 is 1.36 bits per heavy atom. The summed E-state index contributed by atoms with van der Waals surface area (Å²) in [6, 6.07) is 6.88. The Kier molecular flexibility index (Phi) is 3.54. The Hall–Kier alpha value is -2.47. The fourth-order valence-corrected chi connectivity index (χ4v) is 2.76. The van der Waals surface area contributed by atoms with Gasteiger partial charge in [0.05, 0.1) is 16.8 Å². The van der Waals surface area contributed by atoms with Gasteiger partial charge in [-0.2, -0.15) is 0 Å². The molecule has 22 heavy (non-hydrogen) atoms. The molecule has 2 heterocycles. The highest BCUT2D eigenvalue weighted by molar-refractivity contribution is 5.87. The smallest absolute Gasteiger partial charge is 0.335 e. The fraction of sp³-hybridized carbons (Fsp3) is 0.312. The molecule has 3 rings (SSSR count). The van der Waals surface area contributed by atoms with Crippen LogP contribution in [0, 0.1) is 6.92 Å². The number of hydrogen-bond donors (Lipinski definition) is 1. The van der Waals surface area contributed by atoms with E-state index in [-0.39, 0.29) is 11.1 Å². The van der Waals surface area contributed by atoms with Crippen molar-refractivity contribution in [2.45, 2.75) is 26.6 Å². The van der Waals surface area contributed by atoms with E-state index in [2.05, 4.69) is 9.88 Å². The first-order chi connectivity index (χ1) is 10.5. The molecule has 0 amide bonds. The topological polar surface area (TPSA) is 75.4 Å². The molecule has 1 aliphatic heterocycles. The molecule has 0 saturated heterocycles. The van der Waals surface area contributed by atoms with Gasteiger partial charge < -0.3 is 5.11 Å². The maximum atomic E-state index is 12.2. The van der Waals surface area contributed by atoms with Crippen LogP contribution in [0.4, 0.5) is 0 Å². The molecule has 114 valence electrons. The predicted molar refractivity (Wildman–Crippen MR) is 80.6 cm³/mol. The number of fused-ring (bicyclic) bond motifs is 1. The number of benzene rings is 1. The monoisotopic (exact) mass is 299 g/mol. The molecule has 1 aliphatic rings. The first-order valence-corrected chi connectivity index (χ1v) is 7.05. The Morgan fingerprint density at radius 2 is 2.14 bits per heavy atom. The quantitative estimate of drug-likeness (QED) is 0.924. The highest BCUT2D eigenvalue weighted by Gasteiger charge is 2.24. The van der Waals surface area contributed by atoms with Crippen LogP contribution in [0.3, 0.4) is 0 Å². The summed E-state index contributed by atoms with van der Waals surface area (Å²) < 4.78 is 1.56. The third-order valence-electron chi connectivity index (χ3n) is 4.03. The predicted octanol–water partition coefficient (Wildman–Crippen LogP) is 1.30. The molecule has 0 saturated carbocycles. The molecule has 1 N–H and O–H groups in total. The lowest BCUT2D eigenvalue weighted by atomic mass is 10.1. The lowest BCUT2D eigenvalue weighted by Crippen LogP contribution is -2.25. The van der Waals surface area contributed by atoms with Gasteiger partial charge in [-0.15, -0.1) is 0 Å². The number of carboxylic acid groups (broad SMARTS) is 1. The minimum atomic E-state index is -0.933. The zero-order chi connectivity index (χ0) is 15.9. The number of aromatic nitrogens is 2. The largest absolute Gasteiger partial charge is 0.478 e. The number of aryl methyl sites for hydroxylation is 1. The van der Waals surface area contributed by atoms with E-state index in [1.807, 2.05) is 13.0 Å². The number of carbonyl (C=O) groups is 1. The van der Waals surface area contributed by atoms with Crippen molar-refractivity contribution in [1.29, 1.82) is 0 Å². The second kappa shape index (κ2) is 5.38. The van der Waals surface area contributed by atoms with Crippen LogP contribution in [0.1, 0.15) is 33.0 Å². The molecule has 2 aromatic rings. The number of nitrogens with zero attached hydrogens (tertiary/aromatic N) is 3. The van der Waals surface area contributed by atoms with Crippen molar-refractivity contribution in [1.82, 2.24) is 14.5 Å². The number of rotatable bonds is 3. The van der Waals surface area contributed by atoms with Gasteiger partial charge >= 0.3 is 5.97 Å². The summed E-state index contributed by atoms with van der Waals surface area (Å²) in [4.78, 5) is 29.8. The van der Waals surface area contributed by atoms with E-state index in [1.54, 1.807) is 29.8 Å². The van der Waals surface area contributed by atoms with Gasteiger partial charge in [0.25, 0.3) is 5.56 Å². The average molecular weight is 299 g/mol. The summed E-state index contributed by atoms with van der Waals surface area (Å²) in [6.07, 6.45) is 0. The van der Waals surface area contributed by atoms with Gasteiger partial charge in [0, 0.05) is 26.7 Å². The molecule has 0 unspecified atom stereocenters. The summed E-state index contributed by atoms with van der Waals surface area (Å²) in [5, 5.41) is 9.04. The first-order valence-electron chi connectivity index (χ1n) is 7.05. The second-order valence-corrected chi connectivity index (χ2v) is 5.60. The standard InChI is InChI=1S/C16H17N3O3/c1-10-17-14-9-19(8-13(14)15(20)18(10)2)7-11-4-3-5-12(6-11)16(21)22/h3-6H,7-9H2,1-2H3,(H,21,22). The van der Waals surface area contributed by atoms with Crippen molar-refractivity contribution >= 4 is 5.97 Å². The van der Waals surface area contributed by atoms with Crippen LogP contribution in [-0.2, 0) is 26.7 Å².